The Kier molecular flexibility index (Phi) is 4.45. The van der Waals surface area contributed by atoms with E-state index in [0.717, 1.165) is 0 Å². The van der Waals surface area contributed by atoms with Gasteiger partial charge in [0.2, 0.25) is 0 Å². The Labute approximate surface area is 83.2 Å². The van der Waals surface area contributed by atoms with Gasteiger partial charge in [0.15, 0.2) is 0 Å². The summed E-state index contributed by atoms with van der Waals surface area (Å²) in [5.74, 6) is 0.0508. The second-order valence-corrected chi connectivity index (χ2v) is 2.49. The van der Waals surface area contributed by atoms with E-state index in [1.165, 1.54) is 0 Å². The molecule has 0 fully saturated rings. The SMILES string of the molecule is C=Cc1cnc(C)c(O)c1CO.Cl. The monoisotopic (exact) mass is 201 g/mol. The minimum absolute atomic E-state index is 0. The summed E-state index contributed by atoms with van der Waals surface area (Å²) in [6, 6.07) is 0. The Morgan fingerprint density at radius 1 is 1.62 bits per heavy atom. The van der Waals surface area contributed by atoms with E-state index in [2.05, 4.69) is 11.6 Å². The molecule has 3 nitrogen and oxygen atoms in total. The minimum Gasteiger partial charge on any atom is -0.506 e. The van der Waals surface area contributed by atoms with Crippen molar-refractivity contribution in [3.63, 3.8) is 0 Å². The van der Waals surface area contributed by atoms with Crippen LogP contribution in [-0.4, -0.2) is 15.2 Å². The maximum atomic E-state index is 9.44. The number of aromatic hydroxyl groups is 1. The summed E-state index contributed by atoms with van der Waals surface area (Å²) >= 11 is 0. The van der Waals surface area contributed by atoms with E-state index in [1.807, 2.05) is 0 Å². The second kappa shape index (κ2) is 4.84. The number of aromatic nitrogens is 1. The lowest BCUT2D eigenvalue weighted by molar-refractivity contribution is 0.274. The van der Waals surface area contributed by atoms with Gasteiger partial charge in [-0.25, -0.2) is 0 Å². The summed E-state index contributed by atoms with van der Waals surface area (Å²) in [5, 5.41) is 18.4. The standard InChI is InChI=1S/C9H11NO2.ClH/c1-3-7-4-10-6(2)9(12)8(7)5-11;/h3-4,11-12H,1,5H2,2H3;1H. The highest BCUT2D eigenvalue weighted by atomic mass is 35.5. The predicted octanol–water partition coefficient (Wildman–Crippen LogP) is 1.65. The van der Waals surface area contributed by atoms with Crippen LogP contribution in [0.1, 0.15) is 16.8 Å². The molecule has 0 aliphatic carbocycles. The smallest absolute Gasteiger partial charge is 0.142 e. The fourth-order valence-electron chi connectivity index (χ4n) is 1.00. The number of rotatable bonds is 2. The van der Waals surface area contributed by atoms with Crippen LogP contribution in [-0.2, 0) is 6.61 Å². The third kappa shape index (κ3) is 2.20. The summed E-state index contributed by atoms with van der Waals surface area (Å²) in [6.45, 7) is 5.03. The molecule has 1 aromatic heterocycles. The first-order valence-electron chi connectivity index (χ1n) is 3.61. The van der Waals surface area contributed by atoms with Crippen molar-refractivity contribution in [1.82, 2.24) is 4.98 Å². The van der Waals surface area contributed by atoms with E-state index in [-0.39, 0.29) is 24.8 Å². The van der Waals surface area contributed by atoms with Gasteiger partial charge in [-0.15, -0.1) is 12.4 Å². The molecule has 0 atom stereocenters. The predicted molar refractivity (Wildman–Crippen MR) is 53.9 cm³/mol. The number of aliphatic hydroxyl groups excluding tert-OH is 1. The lowest BCUT2D eigenvalue weighted by Gasteiger charge is -2.06. The van der Waals surface area contributed by atoms with Crippen LogP contribution in [0, 0.1) is 6.92 Å². The van der Waals surface area contributed by atoms with E-state index in [0.29, 0.717) is 16.8 Å². The molecule has 2 N–H and O–H groups in total. The second-order valence-electron chi connectivity index (χ2n) is 2.49. The zero-order valence-electron chi connectivity index (χ0n) is 7.32. The fourth-order valence-corrected chi connectivity index (χ4v) is 1.00. The van der Waals surface area contributed by atoms with Crippen LogP contribution in [0.5, 0.6) is 5.75 Å². The van der Waals surface area contributed by atoms with E-state index in [4.69, 9.17) is 5.11 Å². The van der Waals surface area contributed by atoms with Gasteiger partial charge in [-0.3, -0.25) is 4.98 Å². The van der Waals surface area contributed by atoms with Crippen LogP contribution in [0.3, 0.4) is 0 Å². The Morgan fingerprint density at radius 2 is 2.23 bits per heavy atom. The molecular formula is C9H12ClNO2. The zero-order chi connectivity index (χ0) is 9.14. The molecule has 0 bridgehead atoms. The molecule has 1 aromatic rings. The highest BCUT2D eigenvalue weighted by molar-refractivity contribution is 5.85. The molecule has 0 radical (unpaired) electrons. The first-order valence-corrected chi connectivity index (χ1v) is 3.61. The van der Waals surface area contributed by atoms with Crippen molar-refractivity contribution in [2.45, 2.75) is 13.5 Å². The van der Waals surface area contributed by atoms with Gasteiger partial charge in [0, 0.05) is 17.3 Å². The van der Waals surface area contributed by atoms with E-state index >= 15 is 0 Å². The molecule has 0 aliphatic rings. The first-order chi connectivity index (χ1) is 5.70. The third-order valence-corrected chi connectivity index (χ3v) is 1.75. The Hall–Kier alpha value is -1.06. The van der Waals surface area contributed by atoms with Crippen LogP contribution in [0.2, 0.25) is 0 Å². The number of halogens is 1. The molecule has 72 valence electrons. The van der Waals surface area contributed by atoms with Gasteiger partial charge in [0.05, 0.1) is 12.3 Å². The third-order valence-electron chi connectivity index (χ3n) is 1.75. The topological polar surface area (TPSA) is 53.4 Å². The van der Waals surface area contributed by atoms with Gasteiger partial charge in [-0.2, -0.15) is 0 Å². The van der Waals surface area contributed by atoms with Crippen molar-refractivity contribution in [2.24, 2.45) is 0 Å². The Morgan fingerprint density at radius 3 is 2.69 bits per heavy atom. The molecule has 0 aromatic carbocycles. The van der Waals surface area contributed by atoms with Crippen molar-refractivity contribution in [3.05, 3.63) is 29.6 Å². The Bertz CT molecular complexity index is 313. The maximum absolute atomic E-state index is 9.44. The quantitative estimate of drug-likeness (QED) is 0.765. The number of aryl methyl sites for hydroxylation is 1. The van der Waals surface area contributed by atoms with Gasteiger partial charge in [-0.05, 0) is 6.92 Å². The zero-order valence-corrected chi connectivity index (χ0v) is 8.14. The molecule has 1 rings (SSSR count). The number of pyridine rings is 1. The van der Waals surface area contributed by atoms with Crippen LogP contribution in [0.15, 0.2) is 12.8 Å². The van der Waals surface area contributed by atoms with Gasteiger partial charge < -0.3 is 10.2 Å². The van der Waals surface area contributed by atoms with E-state index in [1.54, 1.807) is 19.2 Å². The van der Waals surface area contributed by atoms with Gasteiger partial charge in [0.25, 0.3) is 0 Å². The van der Waals surface area contributed by atoms with Crippen molar-refractivity contribution in [2.75, 3.05) is 0 Å². The molecule has 0 saturated heterocycles. The Balaban J connectivity index is 0.00000144. The van der Waals surface area contributed by atoms with E-state index < -0.39 is 0 Å². The average Bonchev–Trinajstić information content (AvgIpc) is 2.09. The van der Waals surface area contributed by atoms with E-state index in [9.17, 15) is 5.11 Å². The van der Waals surface area contributed by atoms with Crippen LogP contribution >= 0.6 is 12.4 Å². The van der Waals surface area contributed by atoms with Gasteiger partial charge >= 0.3 is 0 Å². The maximum Gasteiger partial charge on any atom is 0.142 e. The molecule has 0 saturated carbocycles. The summed E-state index contributed by atoms with van der Waals surface area (Å²) in [6.07, 6.45) is 3.13. The highest BCUT2D eigenvalue weighted by Gasteiger charge is 2.07. The summed E-state index contributed by atoms with van der Waals surface area (Å²) in [7, 11) is 0. The summed E-state index contributed by atoms with van der Waals surface area (Å²) in [4.78, 5) is 3.93. The van der Waals surface area contributed by atoms with Crippen molar-refractivity contribution >= 4 is 18.5 Å². The lowest BCUT2D eigenvalue weighted by atomic mass is 10.1. The van der Waals surface area contributed by atoms with Crippen LogP contribution in [0.4, 0.5) is 0 Å². The normalized spacial score (nSPS) is 9.08. The van der Waals surface area contributed by atoms with Crippen LogP contribution < -0.4 is 0 Å². The molecule has 0 spiro atoms. The number of hydrogen-bond donors (Lipinski definition) is 2. The molecule has 0 unspecified atom stereocenters. The molecule has 4 heteroatoms. The molecule has 13 heavy (non-hydrogen) atoms. The number of hydrogen-bond acceptors (Lipinski definition) is 3. The van der Waals surface area contributed by atoms with Crippen molar-refractivity contribution in [1.29, 1.82) is 0 Å². The molecular weight excluding hydrogens is 190 g/mol. The van der Waals surface area contributed by atoms with Gasteiger partial charge in [-0.1, -0.05) is 12.7 Å². The first kappa shape index (κ1) is 11.9. The molecule has 0 aliphatic heterocycles. The number of nitrogens with zero attached hydrogens (tertiary/aromatic N) is 1. The number of aliphatic hydroxyl groups is 1. The molecule has 1 heterocycles. The molecule has 0 amide bonds. The van der Waals surface area contributed by atoms with Crippen molar-refractivity contribution < 1.29 is 10.2 Å². The largest absolute Gasteiger partial charge is 0.506 e. The average molecular weight is 202 g/mol. The summed E-state index contributed by atoms with van der Waals surface area (Å²) < 4.78 is 0. The van der Waals surface area contributed by atoms with Gasteiger partial charge in [0.1, 0.15) is 5.75 Å². The lowest BCUT2D eigenvalue weighted by Crippen LogP contribution is -1.94. The fraction of sp³-hybridized carbons (Fsp3) is 0.222. The van der Waals surface area contributed by atoms with Crippen molar-refractivity contribution in [3.8, 4) is 5.75 Å². The van der Waals surface area contributed by atoms with Crippen LogP contribution in [0.25, 0.3) is 6.08 Å². The highest BCUT2D eigenvalue weighted by Crippen LogP contribution is 2.23. The minimum atomic E-state index is -0.198. The summed E-state index contributed by atoms with van der Waals surface area (Å²) in [5.41, 5.74) is 1.67.